The van der Waals surface area contributed by atoms with Gasteiger partial charge in [0.25, 0.3) is 0 Å². The lowest BCUT2D eigenvalue weighted by molar-refractivity contribution is -0.0796. The number of aryl methyl sites for hydroxylation is 1. The fourth-order valence-electron chi connectivity index (χ4n) is 1.69. The summed E-state index contributed by atoms with van der Waals surface area (Å²) in [6, 6.07) is 16.8. The first-order valence-electron chi connectivity index (χ1n) is 7.34. The highest BCUT2D eigenvalue weighted by Gasteiger charge is 2.37. The molecule has 0 bridgehead atoms. The van der Waals surface area contributed by atoms with Crippen LogP contribution in [0.5, 0.6) is 0 Å². The molecule has 28 heavy (non-hydrogen) atoms. The normalized spacial score (nSPS) is 13.7. The SMILES string of the molecule is Cc1ccc([S+](C=CC(F)(F)F)c2ccccc2)cc1.O=S(=O)([O-])C(F)(F)F. The molecular weight excluding hydrogens is 430 g/mol. The fraction of sp³-hybridized carbons (Fsp3) is 0.176. The Hall–Kier alpha value is -1.98. The van der Waals surface area contributed by atoms with Gasteiger partial charge < -0.3 is 4.55 Å². The summed E-state index contributed by atoms with van der Waals surface area (Å²) in [5.74, 6) is 0. The second kappa shape index (κ2) is 9.48. The van der Waals surface area contributed by atoms with Crippen LogP contribution in [0.2, 0.25) is 0 Å². The molecule has 2 aromatic carbocycles. The Bertz CT molecular complexity index is 874. The molecule has 1 atom stereocenters. The maximum atomic E-state index is 12.4. The minimum absolute atomic E-state index is 0.322. The van der Waals surface area contributed by atoms with Crippen LogP contribution in [0, 0.1) is 6.92 Å². The van der Waals surface area contributed by atoms with Crippen molar-refractivity contribution in [3.8, 4) is 0 Å². The van der Waals surface area contributed by atoms with E-state index in [1.165, 1.54) is 5.41 Å². The lowest BCUT2D eigenvalue weighted by atomic mass is 10.2. The first kappa shape index (κ1) is 24.1. The number of hydrogen-bond acceptors (Lipinski definition) is 3. The van der Waals surface area contributed by atoms with E-state index in [4.69, 9.17) is 13.0 Å². The van der Waals surface area contributed by atoms with Crippen molar-refractivity contribution in [1.29, 1.82) is 0 Å². The summed E-state index contributed by atoms with van der Waals surface area (Å²) < 4.78 is 96.2. The summed E-state index contributed by atoms with van der Waals surface area (Å²) >= 11 is 0. The lowest BCUT2D eigenvalue weighted by Crippen LogP contribution is -2.21. The van der Waals surface area contributed by atoms with Crippen molar-refractivity contribution in [1.82, 2.24) is 0 Å². The Morgan fingerprint density at radius 1 is 0.857 bits per heavy atom. The lowest BCUT2D eigenvalue weighted by Gasteiger charge is -2.08. The van der Waals surface area contributed by atoms with Gasteiger partial charge in [0.15, 0.2) is 19.9 Å². The van der Waals surface area contributed by atoms with Crippen LogP contribution in [0.4, 0.5) is 26.3 Å². The third-order valence-electron chi connectivity index (χ3n) is 2.95. The van der Waals surface area contributed by atoms with Gasteiger partial charge in [-0.15, -0.1) is 0 Å². The van der Waals surface area contributed by atoms with E-state index in [2.05, 4.69) is 0 Å². The van der Waals surface area contributed by atoms with E-state index in [1.54, 1.807) is 0 Å². The molecule has 0 fully saturated rings. The van der Waals surface area contributed by atoms with Crippen LogP contribution in [0.3, 0.4) is 0 Å². The summed E-state index contributed by atoms with van der Waals surface area (Å²) in [6.45, 7) is 1.95. The summed E-state index contributed by atoms with van der Waals surface area (Å²) in [5, 5.41) is 1.24. The zero-order valence-electron chi connectivity index (χ0n) is 14.2. The molecule has 0 radical (unpaired) electrons. The van der Waals surface area contributed by atoms with E-state index < -0.39 is 32.7 Å². The summed E-state index contributed by atoms with van der Waals surface area (Å²) in [4.78, 5) is 1.75. The molecule has 0 aromatic heterocycles. The van der Waals surface area contributed by atoms with Gasteiger partial charge in [0.2, 0.25) is 0 Å². The van der Waals surface area contributed by atoms with E-state index in [1.807, 2.05) is 61.5 Å². The van der Waals surface area contributed by atoms with Crippen LogP contribution in [-0.2, 0) is 21.0 Å². The highest BCUT2D eigenvalue weighted by molar-refractivity contribution is 7.99. The van der Waals surface area contributed by atoms with Gasteiger partial charge in [-0.3, -0.25) is 0 Å². The zero-order valence-corrected chi connectivity index (χ0v) is 15.8. The fourth-order valence-corrected chi connectivity index (χ4v) is 3.45. The second-order valence-electron chi connectivity index (χ2n) is 5.21. The topological polar surface area (TPSA) is 57.2 Å². The Kier molecular flexibility index (Phi) is 8.15. The van der Waals surface area contributed by atoms with Crippen LogP contribution in [0.1, 0.15) is 5.56 Å². The molecule has 0 spiro atoms. The molecule has 0 aliphatic carbocycles. The van der Waals surface area contributed by atoms with Crippen LogP contribution in [0.25, 0.3) is 0 Å². The van der Waals surface area contributed by atoms with Crippen molar-refractivity contribution in [3.05, 3.63) is 71.6 Å². The van der Waals surface area contributed by atoms with Crippen molar-refractivity contribution >= 4 is 21.0 Å². The van der Waals surface area contributed by atoms with E-state index in [0.29, 0.717) is 6.08 Å². The highest BCUT2D eigenvalue weighted by atomic mass is 32.2. The Labute approximate surface area is 160 Å². The zero-order chi connectivity index (χ0) is 21.6. The molecule has 0 N–H and O–H groups in total. The predicted octanol–water partition coefficient (Wildman–Crippen LogP) is 5.16. The van der Waals surface area contributed by atoms with Gasteiger partial charge in [-0.1, -0.05) is 35.9 Å². The van der Waals surface area contributed by atoms with E-state index in [9.17, 15) is 26.3 Å². The molecule has 1 unspecified atom stereocenters. The molecular formula is C17H14F6O3S2. The smallest absolute Gasteiger partial charge is 0.485 e. The van der Waals surface area contributed by atoms with Crippen LogP contribution in [0.15, 0.2) is 75.9 Å². The van der Waals surface area contributed by atoms with E-state index in [0.717, 1.165) is 15.4 Å². The number of alkyl halides is 6. The van der Waals surface area contributed by atoms with Crippen LogP contribution < -0.4 is 0 Å². The Morgan fingerprint density at radius 2 is 1.29 bits per heavy atom. The third kappa shape index (κ3) is 8.36. The number of allylic oxidation sites excluding steroid dienone is 1. The molecule has 0 saturated carbocycles. The van der Waals surface area contributed by atoms with Gasteiger partial charge in [-0.05, 0) is 31.2 Å². The molecule has 154 valence electrons. The molecule has 11 heteroatoms. The number of rotatable bonds is 3. The predicted molar refractivity (Wildman–Crippen MR) is 92.5 cm³/mol. The average molecular weight is 444 g/mol. The Morgan fingerprint density at radius 3 is 1.68 bits per heavy atom. The van der Waals surface area contributed by atoms with Crippen molar-refractivity contribution in [3.63, 3.8) is 0 Å². The molecule has 0 aliphatic rings. The van der Waals surface area contributed by atoms with Crippen molar-refractivity contribution in [2.45, 2.75) is 28.4 Å². The highest BCUT2D eigenvalue weighted by Crippen LogP contribution is 2.27. The first-order valence-corrected chi connectivity index (χ1v) is 10.0. The summed E-state index contributed by atoms with van der Waals surface area (Å²) in [6.07, 6.45) is -3.96. The van der Waals surface area contributed by atoms with Gasteiger partial charge in [0.1, 0.15) is 5.41 Å². The van der Waals surface area contributed by atoms with Crippen molar-refractivity contribution < 1.29 is 39.3 Å². The standard InChI is InChI=1S/C16H14F3S.CHF3O3S/c1-13-7-9-15(10-8-13)20(12-11-16(17,18)19)14-5-3-2-4-6-14;2-1(3,4)8(5,6)7/h2-12H,1H3;(H,5,6,7)/q+1;/p-1. The molecule has 0 saturated heterocycles. The quantitative estimate of drug-likeness (QED) is 0.285. The van der Waals surface area contributed by atoms with Gasteiger partial charge in [0.05, 0.1) is 17.0 Å². The molecule has 0 heterocycles. The van der Waals surface area contributed by atoms with Gasteiger partial charge in [-0.25, -0.2) is 8.42 Å². The van der Waals surface area contributed by atoms with Gasteiger partial charge in [0, 0.05) is 0 Å². The molecule has 3 nitrogen and oxygen atoms in total. The van der Waals surface area contributed by atoms with E-state index >= 15 is 0 Å². The molecule has 0 amide bonds. The molecule has 0 aliphatic heterocycles. The third-order valence-corrected chi connectivity index (χ3v) is 5.48. The summed E-state index contributed by atoms with van der Waals surface area (Å²) in [5.41, 5.74) is -4.56. The maximum Gasteiger partial charge on any atom is 0.485 e. The van der Waals surface area contributed by atoms with Crippen molar-refractivity contribution in [2.75, 3.05) is 0 Å². The largest absolute Gasteiger partial charge is 0.741 e. The number of benzene rings is 2. The second-order valence-corrected chi connectivity index (χ2v) is 8.47. The van der Waals surface area contributed by atoms with Gasteiger partial charge in [-0.2, -0.15) is 26.3 Å². The summed E-state index contributed by atoms with van der Waals surface area (Å²) in [7, 11) is -6.80. The van der Waals surface area contributed by atoms with Crippen molar-refractivity contribution in [2.24, 2.45) is 0 Å². The number of halogens is 6. The minimum Gasteiger partial charge on any atom is -0.741 e. The molecule has 2 aromatic rings. The van der Waals surface area contributed by atoms with Gasteiger partial charge >= 0.3 is 11.7 Å². The van der Waals surface area contributed by atoms with Crippen LogP contribution in [-0.4, -0.2) is 24.7 Å². The first-order chi connectivity index (χ1) is 12.7. The molecule has 2 rings (SSSR count). The van der Waals surface area contributed by atoms with E-state index in [-0.39, 0.29) is 0 Å². The monoisotopic (exact) mass is 444 g/mol. The van der Waals surface area contributed by atoms with Crippen LogP contribution >= 0.6 is 0 Å². The average Bonchev–Trinajstić information content (AvgIpc) is 2.55. The Balaban J connectivity index is 0.000000416. The minimum atomic E-state index is -6.09. The maximum absolute atomic E-state index is 12.4. The number of hydrogen-bond donors (Lipinski definition) is 0.